The first kappa shape index (κ1) is 13.9. The van der Waals surface area contributed by atoms with Gasteiger partial charge in [-0.15, -0.1) is 0 Å². The van der Waals surface area contributed by atoms with E-state index < -0.39 is 0 Å². The lowest BCUT2D eigenvalue weighted by Crippen LogP contribution is -2.25. The second-order valence-electron chi connectivity index (χ2n) is 4.95. The van der Waals surface area contributed by atoms with Crippen LogP contribution in [-0.2, 0) is 11.3 Å². The van der Waals surface area contributed by atoms with Crippen LogP contribution in [0.25, 0.3) is 5.57 Å². The van der Waals surface area contributed by atoms with Crippen molar-refractivity contribution in [2.45, 2.75) is 6.54 Å². The molecule has 2 aromatic carbocycles. The van der Waals surface area contributed by atoms with Crippen molar-refractivity contribution >= 4 is 17.2 Å². The Kier molecular flexibility index (Phi) is 3.63. The van der Waals surface area contributed by atoms with Crippen LogP contribution in [0.3, 0.4) is 0 Å². The maximum atomic E-state index is 12.6. The molecular formula is C18H14N2O2. The molecule has 0 atom stereocenters. The van der Waals surface area contributed by atoms with Crippen LogP contribution in [0.4, 0.5) is 5.69 Å². The van der Waals surface area contributed by atoms with Gasteiger partial charge in [-0.05, 0) is 23.8 Å². The Morgan fingerprint density at radius 1 is 1.23 bits per heavy atom. The Labute approximate surface area is 128 Å². The number of amides is 1. The predicted octanol–water partition coefficient (Wildman–Crippen LogP) is 3.15. The molecule has 1 amide bonds. The van der Waals surface area contributed by atoms with Crippen LogP contribution in [0.2, 0.25) is 0 Å². The lowest BCUT2D eigenvalue weighted by atomic mass is 10.1. The van der Waals surface area contributed by atoms with Crippen molar-refractivity contribution in [3.8, 4) is 11.8 Å². The summed E-state index contributed by atoms with van der Waals surface area (Å²) < 4.78 is 5.21. The van der Waals surface area contributed by atoms with E-state index in [4.69, 9.17) is 10.00 Å². The van der Waals surface area contributed by atoms with Gasteiger partial charge in [0, 0.05) is 11.6 Å². The van der Waals surface area contributed by atoms with E-state index >= 15 is 0 Å². The number of rotatable bonds is 3. The molecule has 0 radical (unpaired) electrons. The van der Waals surface area contributed by atoms with Crippen molar-refractivity contribution in [1.82, 2.24) is 0 Å². The van der Waals surface area contributed by atoms with Gasteiger partial charge in [0.1, 0.15) is 5.75 Å². The van der Waals surface area contributed by atoms with E-state index in [1.165, 1.54) is 6.08 Å². The predicted molar refractivity (Wildman–Crippen MR) is 84.2 cm³/mol. The number of allylic oxidation sites excluding steroid dienone is 1. The SMILES string of the molecule is COc1ccc2c(c1)C(=CC#N)C(=O)N2Cc1ccccc1. The van der Waals surface area contributed by atoms with E-state index in [9.17, 15) is 4.79 Å². The molecule has 1 heterocycles. The lowest BCUT2D eigenvalue weighted by Gasteiger charge is -2.17. The van der Waals surface area contributed by atoms with Gasteiger partial charge in [0.15, 0.2) is 0 Å². The van der Waals surface area contributed by atoms with Crippen LogP contribution in [0, 0.1) is 11.3 Å². The number of fused-ring (bicyclic) bond motifs is 1. The summed E-state index contributed by atoms with van der Waals surface area (Å²) >= 11 is 0. The minimum Gasteiger partial charge on any atom is -0.497 e. The zero-order chi connectivity index (χ0) is 15.5. The number of methoxy groups -OCH3 is 1. The van der Waals surface area contributed by atoms with Gasteiger partial charge in [-0.2, -0.15) is 5.26 Å². The Balaban J connectivity index is 2.05. The fraction of sp³-hybridized carbons (Fsp3) is 0.111. The fourth-order valence-corrected chi connectivity index (χ4v) is 2.59. The number of ether oxygens (including phenoxy) is 1. The molecular weight excluding hydrogens is 276 g/mol. The van der Waals surface area contributed by atoms with Crippen molar-refractivity contribution in [2.24, 2.45) is 0 Å². The summed E-state index contributed by atoms with van der Waals surface area (Å²) in [4.78, 5) is 14.3. The van der Waals surface area contributed by atoms with Gasteiger partial charge in [0.05, 0.1) is 31.0 Å². The molecule has 0 aliphatic carbocycles. The molecule has 0 spiro atoms. The molecule has 0 unspecified atom stereocenters. The fourth-order valence-electron chi connectivity index (χ4n) is 2.59. The van der Waals surface area contributed by atoms with E-state index in [1.54, 1.807) is 18.1 Å². The third-order valence-corrected chi connectivity index (χ3v) is 3.65. The van der Waals surface area contributed by atoms with Crippen molar-refractivity contribution in [2.75, 3.05) is 12.0 Å². The zero-order valence-electron chi connectivity index (χ0n) is 12.1. The third kappa shape index (κ3) is 2.33. The lowest BCUT2D eigenvalue weighted by molar-refractivity contribution is -0.113. The first-order valence-electron chi connectivity index (χ1n) is 6.88. The van der Waals surface area contributed by atoms with Crippen LogP contribution in [0.15, 0.2) is 54.6 Å². The van der Waals surface area contributed by atoms with Crippen LogP contribution >= 0.6 is 0 Å². The van der Waals surface area contributed by atoms with Gasteiger partial charge in [0.25, 0.3) is 5.91 Å². The molecule has 0 saturated heterocycles. The van der Waals surface area contributed by atoms with E-state index in [0.717, 1.165) is 16.8 Å². The zero-order valence-corrected chi connectivity index (χ0v) is 12.1. The van der Waals surface area contributed by atoms with Gasteiger partial charge in [0.2, 0.25) is 0 Å². The molecule has 0 fully saturated rings. The van der Waals surface area contributed by atoms with Gasteiger partial charge in [-0.1, -0.05) is 30.3 Å². The number of nitriles is 1. The molecule has 1 aliphatic heterocycles. The van der Waals surface area contributed by atoms with E-state index in [2.05, 4.69) is 0 Å². The number of hydrogen-bond donors (Lipinski definition) is 0. The van der Waals surface area contributed by atoms with Gasteiger partial charge in [-0.25, -0.2) is 0 Å². The van der Waals surface area contributed by atoms with Crippen LogP contribution < -0.4 is 9.64 Å². The second-order valence-corrected chi connectivity index (χ2v) is 4.95. The molecule has 0 aromatic heterocycles. The topological polar surface area (TPSA) is 53.3 Å². The molecule has 22 heavy (non-hydrogen) atoms. The quantitative estimate of drug-likeness (QED) is 0.644. The van der Waals surface area contributed by atoms with E-state index in [0.29, 0.717) is 17.9 Å². The molecule has 2 aromatic rings. The highest BCUT2D eigenvalue weighted by molar-refractivity contribution is 6.32. The van der Waals surface area contributed by atoms with Gasteiger partial charge in [-0.3, -0.25) is 4.79 Å². The third-order valence-electron chi connectivity index (χ3n) is 3.65. The number of nitrogens with zero attached hydrogens (tertiary/aromatic N) is 2. The summed E-state index contributed by atoms with van der Waals surface area (Å²) in [5, 5.41) is 8.94. The van der Waals surface area contributed by atoms with Crippen LogP contribution in [0.1, 0.15) is 11.1 Å². The summed E-state index contributed by atoms with van der Waals surface area (Å²) in [5.74, 6) is 0.505. The minimum atomic E-state index is -0.159. The van der Waals surface area contributed by atoms with Gasteiger partial charge < -0.3 is 9.64 Å². The Bertz CT molecular complexity index is 788. The Morgan fingerprint density at radius 2 is 2.00 bits per heavy atom. The second kappa shape index (κ2) is 5.74. The highest BCUT2D eigenvalue weighted by Crippen LogP contribution is 2.39. The van der Waals surface area contributed by atoms with Crippen LogP contribution in [-0.4, -0.2) is 13.0 Å². The Morgan fingerprint density at radius 3 is 2.68 bits per heavy atom. The minimum absolute atomic E-state index is 0.159. The molecule has 4 heteroatoms. The highest BCUT2D eigenvalue weighted by atomic mass is 16.5. The summed E-state index contributed by atoms with van der Waals surface area (Å²) in [7, 11) is 1.58. The first-order chi connectivity index (χ1) is 10.7. The maximum Gasteiger partial charge on any atom is 0.260 e. The average molecular weight is 290 g/mol. The largest absolute Gasteiger partial charge is 0.497 e. The average Bonchev–Trinajstić information content (AvgIpc) is 2.81. The van der Waals surface area contributed by atoms with Gasteiger partial charge >= 0.3 is 0 Å². The first-order valence-corrected chi connectivity index (χ1v) is 6.88. The smallest absolute Gasteiger partial charge is 0.260 e. The van der Waals surface area contributed by atoms with Crippen molar-refractivity contribution < 1.29 is 9.53 Å². The van der Waals surface area contributed by atoms with Crippen molar-refractivity contribution in [3.63, 3.8) is 0 Å². The standard InChI is InChI=1S/C18H14N2O2/c1-22-14-7-8-17-16(11-14)15(9-10-19)18(21)20(17)12-13-5-3-2-4-6-13/h2-9,11H,12H2,1H3. The Hall–Kier alpha value is -3.06. The summed E-state index contributed by atoms with van der Waals surface area (Å²) in [5.41, 5.74) is 2.99. The molecule has 1 aliphatic rings. The molecule has 0 N–H and O–H groups in total. The van der Waals surface area contributed by atoms with Crippen LogP contribution in [0.5, 0.6) is 5.75 Å². The summed E-state index contributed by atoms with van der Waals surface area (Å²) in [6.45, 7) is 0.474. The van der Waals surface area contributed by atoms with Crippen molar-refractivity contribution in [3.05, 3.63) is 65.7 Å². The number of carbonyl (C=O) groups excluding carboxylic acids is 1. The molecule has 0 bridgehead atoms. The number of benzene rings is 2. The molecule has 0 saturated carbocycles. The molecule has 3 rings (SSSR count). The monoisotopic (exact) mass is 290 g/mol. The van der Waals surface area contributed by atoms with E-state index in [-0.39, 0.29) is 5.91 Å². The summed E-state index contributed by atoms with van der Waals surface area (Å²) in [6, 6.07) is 17.2. The molecule has 4 nitrogen and oxygen atoms in total. The number of carbonyl (C=O) groups is 1. The van der Waals surface area contributed by atoms with Crippen molar-refractivity contribution in [1.29, 1.82) is 5.26 Å². The normalized spacial score (nSPS) is 14.8. The molecule has 108 valence electrons. The number of hydrogen-bond acceptors (Lipinski definition) is 3. The maximum absolute atomic E-state index is 12.6. The van der Waals surface area contributed by atoms with E-state index in [1.807, 2.05) is 48.5 Å². The number of anilines is 1. The highest BCUT2D eigenvalue weighted by Gasteiger charge is 2.32. The summed E-state index contributed by atoms with van der Waals surface area (Å²) in [6.07, 6.45) is 1.30.